The molecule has 1 aliphatic carbocycles. The van der Waals surface area contributed by atoms with E-state index in [4.69, 9.17) is 4.74 Å². The summed E-state index contributed by atoms with van der Waals surface area (Å²) in [5.41, 5.74) is 1.74. The highest BCUT2D eigenvalue weighted by atomic mass is 16.5. The lowest BCUT2D eigenvalue weighted by Crippen LogP contribution is -2.04. The summed E-state index contributed by atoms with van der Waals surface area (Å²) in [4.78, 5) is 11.6. The van der Waals surface area contributed by atoms with Crippen LogP contribution in [0.5, 0.6) is 0 Å². The molecule has 0 spiro atoms. The van der Waals surface area contributed by atoms with E-state index in [1.807, 2.05) is 18.2 Å². The van der Waals surface area contributed by atoms with Crippen molar-refractivity contribution in [2.24, 2.45) is 0 Å². The summed E-state index contributed by atoms with van der Waals surface area (Å²) in [5.74, 6) is 5.64. The normalized spacial score (nSPS) is 14.1. The van der Waals surface area contributed by atoms with Gasteiger partial charge in [-0.2, -0.15) is 0 Å². The highest BCUT2D eigenvalue weighted by Gasteiger charge is 2.04. The van der Waals surface area contributed by atoms with Crippen LogP contribution in [-0.2, 0) is 4.74 Å². The number of allylic oxidation sites excluding steroid dienone is 2. The molecule has 2 nitrogen and oxygen atoms in total. The molecule has 0 heterocycles. The molecule has 1 aromatic carbocycles. The third kappa shape index (κ3) is 3.78. The minimum Gasteiger partial charge on any atom is -0.449 e. The van der Waals surface area contributed by atoms with Crippen molar-refractivity contribution in [3.63, 3.8) is 0 Å². The number of carbonyl (C=O) groups is 1. The van der Waals surface area contributed by atoms with Crippen LogP contribution in [0.4, 0.5) is 0 Å². The Hall–Kier alpha value is -2.01. The summed E-state index contributed by atoms with van der Waals surface area (Å²) >= 11 is 0. The zero-order chi connectivity index (χ0) is 12.6. The fourth-order valence-electron chi connectivity index (χ4n) is 1.86. The summed E-state index contributed by atoms with van der Waals surface area (Å²) in [7, 11) is 0. The third-order valence-electron chi connectivity index (χ3n) is 2.82. The van der Waals surface area contributed by atoms with Crippen LogP contribution >= 0.6 is 0 Å². The minimum absolute atomic E-state index is 0.158. The first-order chi connectivity index (χ1) is 8.86. The Bertz CT molecular complexity index is 489. The molecule has 0 amide bonds. The topological polar surface area (TPSA) is 26.3 Å². The number of hydrogen-bond donors (Lipinski definition) is 0. The second kappa shape index (κ2) is 6.66. The largest absolute Gasteiger partial charge is 0.449 e. The first-order valence-corrected chi connectivity index (χ1v) is 6.26. The maximum atomic E-state index is 11.6. The zero-order valence-corrected chi connectivity index (χ0v) is 10.3. The Morgan fingerprint density at radius 1 is 1.22 bits per heavy atom. The predicted molar refractivity (Wildman–Crippen MR) is 71.1 cm³/mol. The van der Waals surface area contributed by atoms with Gasteiger partial charge in [0.1, 0.15) is 0 Å². The monoisotopic (exact) mass is 240 g/mol. The molecule has 2 heteroatoms. The second-order valence-corrected chi connectivity index (χ2v) is 4.22. The van der Waals surface area contributed by atoms with Gasteiger partial charge in [0.05, 0.1) is 5.56 Å². The van der Waals surface area contributed by atoms with Gasteiger partial charge in [-0.05, 0) is 43.4 Å². The molecule has 92 valence electrons. The van der Waals surface area contributed by atoms with Gasteiger partial charge in [0.25, 0.3) is 0 Å². The van der Waals surface area contributed by atoms with Gasteiger partial charge in [-0.3, -0.25) is 0 Å². The molecule has 0 atom stereocenters. The van der Waals surface area contributed by atoms with Crippen molar-refractivity contribution in [3.05, 3.63) is 47.5 Å². The molecular formula is C16H16O2. The van der Waals surface area contributed by atoms with Crippen LogP contribution in [0.3, 0.4) is 0 Å². The summed E-state index contributed by atoms with van der Waals surface area (Å²) in [6.45, 7) is 0.158. The molecule has 2 rings (SSSR count). The average Bonchev–Trinajstić information content (AvgIpc) is 2.45. The Labute approximate surface area is 108 Å². The van der Waals surface area contributed by atoms with Crippen molar-refractivity contribution in [2.45, 2.75) is 25.7 Å². The van der Waals surface area contributed by atoms with Crippen LogP contribution in [0, 0.1) is 11.8 Å². The molecular weight excluding hydrogens is 224 g/mol. The van der Waals surface area contributed by atoms with Crippen molar-refractivity contribution >= 4 is 5.97 Å². The maximum Gasteiger partial charge on any atom is 0.339 e. The molecule has 0 N–H and O–H groups in total. The second-order valence-electron chi connectivity index (χ2n) is 4.22. The predicted octanol–water partition coefficient (Wildman–Crippen LogP) is 3.35. The first-order valence-electron chi connectivity index (χ1n) is 6.26. The van der Waals surface area contributed by atoms with Crippen molar-refractivity contribution in [2.75, 3.05) is 6.61 Å². The van der Waals surface area contributed by atoms with E-state index in [2.05, 4.69) is 17.9 Å². The Morgan fingerprint density at radius 3 is 2.78 bits per heavy atom. The van der Waals surface area contributed by atoms with E-state index in [0.717, 1.165) is 12.8 Å². The van der Waals surface area contributed by atoms with E-state index >= 15 is 0 Å². The number of carbonyl (C=O) groups excluding carboxylic acids is 1. The van der Waals surface area contributed by atoms with E-state index < -0.39 is 0 Å². The molecule has 0 aromatic heterocycles. The fourth-order valence-corrected chi connectivity index (χ4v) is 1.86. The molecule has 0 radical (unpaired) electrons. The lowest BCUT2D eigenvalue weighted by atomic mass is 10.0. The molecule has 0 bridgehead atoms. The Morgan fingerprint density at radius 2 is 2.06 bits per heavy atom. The van der Waals surface area contributed by atoms with Gasteiger partial charge >= 0.3 is 5.97 Å². The molecule has 0 saturated heterocycles. The highest BCUT2D eigenvalue weighted by Crippen LogP contribution is 2.15. The van der Waals surface area contributed by atoms with Crippen LogP contribution in [0.1, 0.15) is 36.0 Å². The van der Waals surface area contributed by atoms with E-state index in [0.29, 0.717) is 5.56 Å². The number of rotatable bonds is 2. The lowest BCUT2D eigenvalue weighted by molar-refractivity contribution is 0.0556. The molecule has 0 fully saturated rings. The lowest BCUT2D eigenvalue weighted by Gasteiger charge is -2.05. The molecule has 0 unspecified atom stereocenters. The summed E-state index contributed by atoms with van der Waals surface area (Å²) in [5, 5.41) is 0. The molecule has 0 saturated carbocycles. The molecule has 0 aliphatic heterocycles. The van der Waals surface area contributed by atoms with Gasteiger partial charge in [-0.25, -0.2) is 4.79 Å². The van der Waals surface area contributed by atoms with Crippen LogP contribution in [0.25, 0.3) is 0 Å². The van der Waals surface area contributed by atoms with Crippen molar-refractivity contribution in [3.8, 4) is 11.8 Å². The standard InChI is InChI=1S/C16H16O2/c17-16(15-11-5-2-6-12-15)18-13-7-10-14-8-3-1-4-9-14/h2,5-6,8,11-12H,1,3-4,9,13H2. The Kier molecular flexibility index (Phi) is 4.60. The molecule has 1 aliphatic rings. The highest BCUT2D eigenvalue weighted by molar-refractivity contribution is 5.89. The van der Waals surface area contributed by atoms with Gasteiger partial charge in [0.2, 0.25) is 0 Å². The van der Waals surface area contributed by atoms with Crippen molar-refractivity contribution in [1.29, 1.82) is 0 Å². The van der Waals surface area contributed by atoms with Crippen LogP contribution in [-0.4, -0.2) is 12.6 Å². The van der Waals surface area contributed by atoms with Gasteiger partial charge in [-0.15, -0.1) is 0 Å². The van der Waals surface area contributed by atoms with Crippen molar-refractivity contribution in [1.82, 2.24) is 0 Å². The number of esters is 1. The van der Waals surface area contributed by atoms with Crippen LogP contribution in [0.15, 0.2) is 42.0 Å². The SMILES string of the molecule is O=C(OCC#CC1=CCCCC1)c1ccccc1. The maximum absolute atomic E-state index is 11.6. The summed E-state index contributed by atoms with van der Waals surface area (Å²) in [6.07, 6.45) is 6.82. The van der Waals surface area contributed by atoms with Gasteiger partial charge in [-0.1, -0.05) is 36.1 Å². The minimum atomic E-state index is -0.317. The Balaban J connectivity index is 1.80. The summed E-state index contributed by atoms with van der Waals surface area (Å²) in [6, 6.07) is 8.97. The number of hydrogen-bond acceptors (Lipinski definition) is 2. The van der Waals surface area contributed by atoms with Crippen LogP contribution in [0.2, 0.25) is 0 Å². The van der Waals surface area contributed by atoms with Crippen LogP contribution < -0.4 is 0 Å². The third-order valence-corrected chi connectivity index (χ3v) is 2.82. The zero-order valence-electron chi connectivity index (χ0n) is 10.3. The van der Waals surface area contributed by atoms with Gasteiger partial charge < -0.3 is 4.74 Å². The number of ether oxygens (including phenoxy) is 1. The molecule has 18 heavy (non-hydrogen) atoms. The van der Waals surface area contributed by atoms with E-state index in [1.165, 1.54) is 18.4 Å². The number of benzene rings is 1. The van der Waals surface area contributed by atoms with Crippen molar-refractivity contribution < 1.29 is 9.53 Å². The quantitative estimate of drug-likeness (QED) is 0.585. The van der Waals surface area contributed by atoms with E-state index in [-0.39, 0.29) is 12.6 Å². The fraction of sp³-hybridized carbons (Fsp3) is 0.312. The van der Waals surface area contributed by atoms with E-state index in [1.54, 1.807) is 12.1 Å². The van der Waals surface area contributed by atoms with Gasteiger partial charge in [0, 0.05) is 0 Å². The average molecular weight is 240 g/mol. The summed E-state index contributed by atoms with van der Waals surface area (Å²) < 4.78 is 5.08. The first kappa shape index (κ1) is 12.4. The van der Waals surface area contributed by atoms with E-state index in [9.17, 15) is 4.79 Å². The smallest absolute Gasteiger partial charge is 0.339 e. The van der Waals surface area contributed by atoms with Gasteiger partial charge in [0.15, 0.2) is 6.61 Å². The molecule has 1 aromatic rings.